The lowest BCUT2D eigenvalue weighted by atomic mass is 10.2. The van der Waals surface area contributed by atoms with E-state index in [-0.39, 0.29) is 33.2 Å². The Bertz CT molecular complexity index is 1520. The van der Waals surface area contributed by atoms with Gasteiger partial charge in [0, 0.05) is 21.7 Å². The number of carbonyl (C=O) groups is 3. The lowest BCUT2D eigenvalue weighted by molar-refractivity contribution is 0.0732. The molecular weight excluding hydrogens is 551 g/mol. The van der Waals surface area contributed by atoms with E-state index in [1.807, 2.05) is 0 Å². The van der Waals surface area contributed by atoms with Gasteiger partial charge >= 0.3 is 11.9 Å². The smallest absolute Gasteiger partial charge is 0.343 e. The Hall–Kier alpha value is -4.17. The first-order chi connectivity index (χ1) is 18.3. The average molecular weight is 568 g/mol. The minimum Gasteiger partial charge on any atom is -0.423 e. The number of benzene rings is 4. The standard InChI is InChI=1S/C28H17Cl3N2O5/c29-20-10-5-17(6-11-20)27(35)37-22-14-9-19(16-32-33-26(34)23-3-1-2-4-24(23)31)25(15-22)38-28(36)18-7-12-21(30)13-8-18/h1-16H,(H,33,34)/b32-16-. The van der Waals surface area contributed by atoms with Gasteiger partial charge in [-0.1, -0.05) is 46.9 Å². The third-order valence-electron chi connectivity index (χ3n) is 5.05. The molecule has 4 aromatic carbocycles. The molecule has 0 spiro atoms. The van der Waals surface area contributed by atoms with Gasteiger partial charge < -0.3 is 9.47 Å². The fourth-order valence-electron chi connectivity index (χ4n) is 3.14. The first kappa shape index (κ1) is 26.9. The van der Waals surface area contributed by atoms with E-state index < -0.39 is 17.8 Å². The molecule has 0 aliphatic rings. The maximum Gasteiger partial charge on any atom is 0.343 e. The van der Waals surface area contributed by atoms with Crippen molar-refractivity contribution in [3.8, 4) is 11.5 Å². The van der Waals surface area contributed by atoms with Crippen molar-refractivity contribution in [2.45, 2.75) is 0 Å². The predicted molar refractivity (Wildman–Crippen MR) is 146 cm³/mol. The fourth-order valence-corrected chi connectivity index (χ4v) is 3.61. The third kappa shape index (κ3) is 6.98. The van der Waals surface area contributed by atoms with Crippen molar-refractivity contribution in [3.05, 3.63) is 128 Å². The third-order valence-corrected chi connectivity index (χ3v) is 5.88. The number of hydrogen-bond acceptors (Lipinski definition) is 6. The Labute approximate surface area is 232 Å². The first-order valence-electron chi connectivity index (χ1n) is 11.0. The summed E-state index contributed by atoms with van der Waals surface area (Å²) >= 11 is 17.8. The van der Waals surface area contributed by atoms with Gasteiger partial charge in [0.2, 0.25) is 0 Å². The quantitative estimate of drug-likeness (QED) is 0.114. The van der Waals surface area contributed by atoms with Crippen LogP contribution in [0.15, 0.2) is 96.1 Å². The number of esters is 2. The molecular formula is C28H17Cl3N2O5. The molecule has 4 rings (SSSR count). The molecule has 0 saturated heterocycles. The minimum atomic E-state index is -0.683. The summed E-state index contributed by atoms with van der Waals surface area (Å²) in [5, 5.41) is 5.15. The molecule has 190 valence electrons. The van der Waals surface area contributed by atoms with Crippen LogP contribution in [0.25, 0.3) is 0 Å². The van der Waals surface area contributed by atoms with E-state index >= 15 is 0 Å². The predicted octanol–water partition coefficient (Wildman–Crippen LogP) is 6.85. The summed E-state index contributed by atoms with van der Waals surface area (Å²) in [6.07, 6.45) is 1.28. The SMILES string of the molecule is O=C(Oc1ccc(/C=N\NC(=O)c2ccccc2Cl)c(OC(=O)c2ccc(Cl)cc2)c1)c1ccc(Cl)cc1. The van der Waals surface area contributed by atoms with E-state index in [0.717, 1.165) is 0 Å². The minimum absolute atomic E-state index is 0.0297. The number of ether oxygens (including phenoxy) is 2. The fraction of sp³-hybridized carbons (Fsp3) is 0. The number of halogens is 3. The molecule has 0 saturated carbocycles. The van der Waals surface area contributed by atoms with Gasteiger partial charge in [0.15, 0.2) is 0 Å². The summed E-state index contributed by atoms with van der Waals surface area (Å²) in [5.74, 6) is -1.70. The second-order valence-electron chi connectivity index (χ2n) is 7.67. The van der Waals surface area contributed by atoms with Crippen molar-refractivity contribution >= 4 is 58.9 Å². The van der Waals surface area contributed by atoms with E-state index in [1.54, 1.807) is 48.5 Å². The van der Waals surface area contributed by atoms with Crippen LogP contribution in [0.3, 0.4) is 0 Å². The maximum atomic E-state index is 12.8. The van der Waals surface area contributed by atoms with Crippen LogP contribution < -0.4 is 14.9 Å². The molecule has 0 aliphatic heterocycles. The monoisotopic (exact) mass is 566 g/mol. The highest BCUT2D eigenvalue weighted by Crippen LogP contribution is 2.26. The van der Waals surface area contributed by atoms with E-state index in [1.165, 1.54) is 48.7 Å². The largest absolute Gasteiger partial charge is 0.423 e. The van der Waals surface area contributed by atoms with Crippen molar-refractivity contribution < 1.29 is 23.9 Å². The van der Waals surface area contributed by atoms with E-state index in [2.05, 4.69) is 10.5 Å². The Morgan fingerprint density at radius 1 is 0.711 bits per heavy atom. The Morgan fingerprint density at radius 2 is 1.29 bits per heavy atom. The number of nitrogens with one attached hydrogen (secondary N) is 1. The maximum absolute atomic E-state index is 12.8. The molecule has 0 atom stereocenters. The summed E-state index contributed by atoms with van der Waals surface area (Å²) in [6.45, 7) is 0. The van der Waals surface area contributed by atoms with Crippen molar-refractivity contribution in [3.63, 3.8) is 0 Å². The van der Waals surface area contributed by atoms with Gasteiger partial charge in [-0.05, 0) is 72.8 Å². The van der Waals surface area contributed by atoms with Crippen molar-refractivity contribution in [2.24, 2.45) is 5.10 Å². The van der Waals surface area contributed by atoms with Crippen molar-refractivity contribution in [1.29, 1.82) is 0 Å². The van der Waals surface area contributed by atoms with Gasteiger partial charge in [-0.15, -0.1) is 0 Å². The van der Waals surface area contributed by atoms with E-state index in [0.29, 0.717) is 15.6 Å². The molecule has 0 bridgehead atoms. The average Bonchev–Trinajstić information content (AvgIpc) is 2.90. The summed E-state index contributed by atoms with van der Waals surface area (Å²) < 4.78 is 11.0. The lowest BCUT2D eigenvalue weighted by Gasteiger charge is -2.11. The molecule has 0 aromatic heterocycles. The molecule has 0 aliphatic carbocycles. The van der Waals surface area contributed by atoms with Gasteiger partial charge in [-0.2, -0.15) is 5.10 Å². The summed E-state index contributed by atoms with van der Waals surface area (Å²) in [4.78, 5) is 37.7. The molecule has 7 nitrogen and oxygen atoms in total. The normalized spacial score (nSPS) is 10.7. The zero-order valence-corrected chi connectivity index (χ0v) is 21.6. The highest BCUT2D eigenvalue weighted by atomic mass is 35.5. The Balaban J connectivity index is 1.57. The van der Waals surface area contributed by atoms with Gasteiger partial charge in [0.25, 0.3) is 5.91 Å². The van der Waals surface area contributed by atoms with Crippen LogP contribution >= 0.6 is 34.8 Å². The number of carbonyl (C=O) groups excluding carboxylic acids is 3. The zero-order valence-electron chi connectivity index (χ0n) is 19.4. The van der Waals surface area contributed by atoms with Crippen LogP contribution in [0.2, 0.25) is 15.1 Å². The Kier molecular flexibility index (Phi) is 8.76. The molecule has 0 heterocycles. The number of amides is 1. The summed E-state index contributed by atoms with van der Waals surface area (Å²) in [7, 11) is 0. The molecule has 0 radical (unpaired) electrons. The second kappa shape index (κ2) is 12.4. The first-order valence-corrected chi connectivity index (χ1v) is 12.1. The van der Waals surface area contributed by atoms with Crippen LogP contribution in [0.1, 0.15) is 36.6 Å². The topological polar surface area (TPSA) is 94.1 Å². The Morgan fingerprint density at radius 3 is 1.89 bits per heavy atom. The van der Waals surface area contributed by atoms with Crippen LogP contribution in [-0.2, 0) is 0 Å². The van der Waals surface area contributed by atoms with Crippen molar-refractivity contribution in [1.82, 2.24) is 5.43 Å². The molecule has 1 amide bonds. The second-order valence-corrected chi connectivity index (χ2v) is 8.95. The van der Waals surface area contributed by atoms with Gasteiger partial charge in [-0.25, -0.2) is 15.0 Å². The number of hydrogen-bond donors (Lipinski definition) is 1. The molecule has 10 heteroatoms. The summed E-state index contributed by atoms with van der Waals surface area (Å²) in [6, 6.07) is 23.2. The zero-order chi connectivity index (χ0) is 27.1. The summed E-state index contributed by atoms with van der Waals surface area (Å²) in [5.41, 5.74) is 3.46. The van der Waals surface area contributed by atoms with Crippen LogP contribution in [0.4, 0.5) is 0 Å². The number of nitrogens with zero attached hydrogens (tertiary/aromatic N) is 1. The highest BCUT2D eigenvalue weighted by Gasteiger charge is 2.15. The molecule has 4 aromatic rings. The van der Waals surface area contributed by atoms with Crippen LogP contribution in [-0.4, -0.2) is 24.1 Å². The van der Waals surface area contributed by atoms with Crippen LogP contribution in [0, 0.1) is 0 Å². The number of hydrazone groups is 1. The van der Waals surface area contributed by atoms with E-state index in [9.17, 15) is 14.4 Å². The molecule has 0 fully saturated rings. The lowest BCUT2D eigenvalue weighted by Crippen LogP contribution is -2.18. The van der Waals surface area contributed by atoms with Crippen molar-refractivity contribution in [2.75, 3.05) is 0 Å². The highest BCUT2D eigenvalue weighted by molar-refractivity contribution is 6.33. The van der Waals surface area contributed by atoms with Gasteiger partial charge in [-0.3, -0.25) is 4.79 Å². The molecule has 38 heavy (non-hydrogen) atoms. The van der Waals surface area contributed by atoms with Gasteiger partial charge in [0.05, 0.1) is 27.9 Å². The number of rotatable bonds is 7. The van der Waals surface area contributed by atoms with Gasteiger partial charge in [0.1, 0.15) is 11.5 Å². The molecule has 1 N–H and O–H groups in total. The van der Waals surface area contributed by atoms with Crippen LogP contribution in [0.5, 0.6) is 11.5 Å². The molecule has 0 unspecified atom stereocenters. The van der Waals surface area contributed by atoms with E-state index in [4.69, 9.17) is 44.3 Å².